The first-order chi connectivity index (χ1) is 14.8. The van der Waals surface area contributed by atoms with Gasteiger partial charge in [0.2, 0.25) is 10.0 Å². The molecule has 7 heteroatoms. The standard InChI is InChI=1S/C24H25FN2O3S/c1-3-27(31(29,30)22-14-8-18(2)9-15-22)17-19-10-12-20(13-11-19)24(28)26-16-21-6-4-5-7-23(21)25/h4-15H,3,16-17H2,1-2H3,(H,26,28). The molecule has 0 aliphatic rings. The molecule has 0 aliphatic carbocycles. The molecule has 3 aromatic rings. The van der Waals surface area contributed by atoms with Crippen LogP contribution in [0.4, 0.5) is 4.39 Å². The average molecular weight is 441 g/mol. The second-order valence-corrected chi connectivity index (χ2v) is 9.15. The number of benzene rings is 3. The molecule has 0 unspecified atom stereocenters. The zero-order chi connectivity index (χ0) is 22.4. The van der Waals surface area contributed by atoms with E-state index in [2.05, 4.69) is 5.32 Å². The van der Waals surface area contributed by atoms with Crippen LogP contribution in [0.15, 0.2) is 77.7 Å². The molecule has 0 spiro atoms. The largest absolute Gasteiger partial charge is 0.348 e. The zero-order valence-corrected chi connectivity index (χ0v) is 18.3. The lowest BCUT2D eigenvalue weighted by atomic mass is 10.1. The molecule has 3 aromatic carbocycles. The number of amides is 1. The van der Waals surface area contributed by atoms with E-state index in [0.717, 1.165) is 11.1 Å². The molecule has 0 radical (unpaired) electrons. The highest BCUT2D eigenvalue weighted by molar-refractivity contribution is 7.89. The lowest BCUT2D eigenvalue weighted by Crippen LogP contribution is -2.30. The monoisotopic (exact) mass is 440 g/mol. The maximum Gasteiger partial charge on any atom is 0.251 e. The maximum absolute atomic E-state index is 13.7. The summed E-state index contributed by atoms with van der Waals surface area (Å²) < 4.78 is 40.9. The summed E-state index contributed by atoms with van der Waals surface area (Å²) in [5, 5.41) is 2.69. The van der Waals surface area contributed by atoms with Crippen molar-refractivity contribution in [1.82, 2.24) is 9.62 Å². The van der Waals surface area contributed by atoms with Crippen molar-refractivity contribution in [1.29, 1.82) is 0 Å². The Morgan fingerprint density at radius 1 is 0.968 bits per heavy atom. The molecule has 0 saturated carbocycles. The van der Waals surface area contributed by atoms with Crippen LogP contribution in [0, 0.1) is 12.7 Å². The van der Waals surface area contributed by atoms with Gasteiger partial charge in [-0.15, -0.1) is 0 Å². The minimum absolute atomic E-state index is 0.0890. The number of halogens is 1. The minimum atomic E-state index is -3.62. The third-order valence-electron chi connectivity index (χ3n) is 4.98. The molecule has 3 rings (SSSR count). The van der Waals surface area contributed by atoms with E-state index < -0.39 is 10.0 Å². The van der Waals surface area contributed by atoms with E-state index in [9.17, 15) is 17.6 Å². The van der Waals surface area contributed by atoms with Gasteiger partial charge in [-0.25, -0.2) is 12.8 Å². The molecule has 0 bridgehead atoms. The second kappa shape index (κ2) is 9.85. The summed E-state index contributed by atoms with van der Waals surface area (Å²) >= 11 is 0. The number of sulfonamides is 1. The van der Waals surface area contributed by atoms with Gasteiger partial charge in [-0.3, -0.25) is 4.79 Å². The maximum atomic E-state index is 13.7. The van der Waals surface area contributed by atoms with Crippen molar-refractivity contribution >= 4 is 15.9 Å². The van der Waals surface area contributed by atoms with Gasteiger partial charge in [-0.05, 0) is 42.8 Å². The summed E-state index contributed by atoms with van der Waals surface area (Å²) in [5.74, 6) is -0.693. The van der Waals surface area contributed by atoms with Crippen molar-refractivity contribution < 1.29 is 17.6 Å². The van der Waals surface area contributed by atoms with Gasteiger partial charge in [-0.2, -0.15) is 4.31 Å². The topological polar surface area (TPSA) is 66.5 Å². The molecule has 1 amide bonds. The van der Waals surface area contributed by atoms with Crippen LogP contribution >= 0.6 is 0 Å². The highest BCUT2D eigenvalue weighted by Crippen LogP contribution is 2.19. The van der Waals surface area contributed by atoms with Crippen molar-refractivity contribution in [3.63, 3.8) is 0 Å². The van der Waals surface area contributed by atoms with E-state index in [1.165, 1.54) is 10.4 Å². The molecular formula is C24H25FN2O3S. The zero-order valence-electron chi connectivity index (χ0n) is 17.5. The molecular weight excluding hydrogens is 415 g/mol. The predicted octanol–water partition coefficient (Wildman–Crippen LogP) is 4.27. The number of rotatable bonds is 8. The van der Waals surface area contributed by atoms with Gasteiger partial charge in [0.15, 0.2) is 0 Å². The van der Waals surface area contributed by atoms with Crippen molar-refractivity contribution in [2.24, 2.45) is 0 Å². The lowest BCUT2D eigenvalue weighted by Gasteiger charge is -2.21. The van der Waals surface area contributed by atoms with E-state index in [0.29, 0.717) is 17.7 Å². The first-order valence-electron chi connectivity index (χ1n) is 9.98. The van der Waals surface area contributed by atoms with Gasteiger partial charge in [-0.1, -0.05) is 55.0 Å². The number of hydrogen-bond acceptors (Lipinski definition) is 3. The molecule has 0 saturated heterocycles. The Kier molecular flexibility index (Phi) is 7.20. The van der Waals surface area contributed by atoms with E-state index in [4.69, 9.17) is 0 Å². The molecule has 0 fully saturated rings. The van der Waals surface area contributed by atoms with Crippen LogP contribution in [0.5, 0.6) is 0 Å². The van der Waals surface area contributed by atoms with Gasteiger partial charge in [0, 0.05) is 30.8 Å². The molecule has 1 N–H and O–H groups in total. The first-order valence-corrected chi connectivity index (χ1v) is 11.4. The number of nitrogens with zero attached hydrogens (tertiary/aromatic N) is 1. The SMILES string of the molecule is CCN(Cc1ccc(C(=O)NCc2ccccc2F)cc1)S(=O)(=O)c1ccc(C)cc1. The van der Waals surface area contributed by atoms with Crippen LogP contribution in [0.25, 0.3) is 0 Å². The van der Waals surface area contributed by atoms with Crippen LogP contribution in [-0.2, 0) is 23.1 Å². The molecule has 0 aromatic heterocycles. The first kappa shape index (κ1) is 22.7. The third kappa shape index (κ3) is 5.57. The Balaban J connectivity index is 1.66. The van der Waals surface area contributed by atoms with E-state index in [1.807, 2.05) is 6.92 Å². The normalized spacial score (nSPS) is 11.5. The van der Waals surface area contributed by atoms with Gasteiger partial charge in [0.1, 0.15) is 5.82 Å². The van der Waals surface area contributed by atoms with Gasteiger partial charge in [0.05, 0.1) is 4.90 Å². The Bertz CT molecular complexity index is 1140. The van der Waals surface area contributed by atoms with Gasteiger partial charge in [0.25, 0.3) is 5.91 Å². The molecule has 162 valence electrons. The third-order valence-corrected chi connectivity index (χ3v) is 6.92. The van der Waals surface area contributed by atoms with E-state index in [1.54, 1.807) is 73.7 Å². The summed E-state index contributed by atoms with van der Waals surface area (Å²) in [4.78, 5) is 12.6. The van der Waals surface area contributed by atoms with Crippen molar-refractivity contribution in [2.45, 2.75) is 31.8 Å². The number of carbonyl (C=O) groups excluding carboxylic acids is 1. The van der Waals surface area contributed by atoms with Gasteiger partial charge < -0.3 is 5.32 Å². The number of hydrogen-bond donors (Lipinski definition) is 1. The summed E-state index contributed by atoms with van der Waals surface area (Å²) in [6.07, 6.45) is 0. The minimum Gasteiger partial charge on any atom is -0.348 e. The van der Waals surface area contributed by atoms with Crippen LogP contribution in [0.1, 0.15) is 34.0 Å². The van der Waals surface area contributed by atoms with Gasteiger partial charge >= 0.3 is 0 Å². The van der Waals surface area contributed by atoms with E-state index >= 15 is 0 Å². The van der Waals surface area contributed by atoms with Crippen molar-refractivity contribution in [2.75, 3.05) is 6.54 Å². The van der Waals surface area contributed by atoms with Crippen LogP contribution in [-0.4, -0.2) is 25.2 Å². The Labute approximate surface area is 182 Å². The summed E-state index contributed by atoms with van der Waals surface area (Å²) in [6.45, 7) is 4.30. The Morgan fingerprint density at radius 2 is 1.61 bits per heavy atom. The summed E-state index contributed by atoms with van der Waals surface area (Å²) in [6, 6.07) is 19.8. The molecule has 5 nitrogen and oxygen atoms in total. The number of carbonyl (C=O) groups is 1. The highest BCUT2D eigenvalue weighted by Gasteiger charge is 2.23. The molecule has 0 heterocycles. The fourth-order valence-electron chi connectivity index (χ4n) is 3.11. The fraction of sp³-hybridized carbons (Fsp3) is 0.208. The lowest BCUT2D eigenvalue weighted by molar-refractivity contribution is 0.0950. The van der Waals surface area contributed by atoms with Crippen LogP contribution in [0.2, 0.25) is 0 Å². The Hall–Kier alpha value is -3.03. The second-order valence-electron chi connectivity index (χ2n) is 7.22. The summed E-state index contributed by atoms with van der Waals surface area (Å²) in [5.41, 5.74) is 2.59. The van der Waals surface area contributed by atoms with E-state index in [-0.39, 0.29) is 29.7 Å². The molecule has 0 aliphatic heterocycles. The van der Waals surface area contributed by atoms with Crippen molar-refractivity contribution in [3.05, 3.63) is 101 Å². The predicted molar refractivity (Wildman–Crippen MR) is 118 cm³/mol. The fourth-order valence-corrected chi connectivity index (χ4v) is 4.55. The number of nitrogens with one attached hydrogen (secondary N) is 1. The highest BCUT2D eigenvalue weighted by atomic mass is 32.2. The smallest absolute Gasteiger partial charge is 0.251 e. The van der Waals surface area contributed by atoms with Crippen molar-refractivity contribution in [3.8, 4) is 0 Å². The Morgan fingerprint density at radius 3 is 2.23 bits per heavy atom. The summed E-state index contributed by atoms with van der Waals surface area (Å²) in [7, 11) is -3.62. The number of aryl methyl sites for hydroxylation is 1. The molecule has 0 atom stereocenters. The van der Waals surface area contributed by atoms with Crippen LogP contribution < -0.4 is 5.32 Å². The van der Waals surface area contributed by atoms with Crippen LogP contribution in [0.3, 0.4) is 0 Å². The average Bonchev–Trinajstić information content (AvgIpc) is 2.77. The molecule has 31 heavy (non-hydrogen) atoms. The quantitative estimate of drug-likeness (QED) is 0.569.